The Hall–Kier alpha value is -0.860. The highest BCUT2D eigenvalue weighted by molar-refractivity contribution is 6.38. The summed E-state index contributed by atoms with van der Waals surface area (Å²) in [5.74, 6) is 0.633. The van der Waals surface area contributed by atoms with E-state index in [2.05, 4.69) is 9.97 Å². The summed E-state index contributed by atoms with van der Waals surface area (Å²) in [6.07, 6.45) is 0. The fourth-order valence-electron chi connectivity index (χ4n) is 1.39. The molecule has 0 unspecified atom stereocenters. The zero-order chi connectivity index (χ0) is 10.3. The van der Waals surface area contributed by atoms with Crippen LogP contribution in [0.1, 0.15) is 11.4 Å². The van der Waals surface area contributed by atoms with Gasteiger partial charge in [0.15, 0.2) is 0 Å². The van der Waals surface area contributed by atoms with E-state index in [1.54, 1.807) is 6.92 Å². The second-order valence-electron chi connectivity index (χ2n) is 3.20. The first-order valence-electron chi connectivity index (χ1n) is 4.18. The summed E-state index contributed by atoms with van der Waals surface area (Å²) < 4.78 is 0. The van der Waals surface area contributed by atoms with Crippen molar-refractivity contribution in [2.24, 2.45) is 0 Å². The van der Waals surface area contributed by atoms with Crippen molar-refractivity contribution >= 4 is 34.1 Å². The van der Waals surface area contributed by atoms with Crippen molar-refractivity contribution in [3.05, 3.63) is 33.7 Å². The summed E-state index contributed by atoms with van der Waals surface area (Å²) >= 11 is 12.1. The molecule has 0 amide bonds. The first-order chi connectivity index (χ1) is 6.58. The number of rotatable bonds is 0. The molecular formula is C10H8Cl2N2. The van der Waals surface area contributed by atoms with Gasteiger partial charge in [0.1, 0.15) is 11.0 Å². The molecule has 0 aliphatic rings. The molecular weight excluding hydrogens is 219 g/mol. The van der Waals surface area contributed by atoms with Crippen molar-refractivity contribution in [1.29, 1.82) is 0 Å². The third-order valence-electron chi connectivity index (χ3n) is 1.96. The predicted molar refractivity (Wildman–Crippen MR) is 59.0 cm³/mol. The van der Waals surface area contributed by atoms with Crippen molar-refractivity contribution in [3.63, 3.8) is 0 Å². The molecule has 1 aromatic heterocycles. The van der Waals surface area contributed by atoms with Crippen molar-refractivity contribution in [2.45, 2.75) is 13.8 Å². The fraction of sp³-hybridized carbons (Fsp3) is 0.200. The second kappa shape index (κ2) is 3.37. The maximum atomic E-state index is 6.06. The zero-order valence-electron chi connectivity index (χ0n) is 7.81. The van der Waals surface area contributed by atoms with E-state index in [1.807, 2.05) is 19.1 Å². The van der Waals surface area contributed by atoms with Crippen LogP contribution in [0.15, 0.2) is 12.1 Å². The number of hydrogen-bond donors (Lipinski definition) is 0. The van der Waals surface area contributed by atoms with Crippen molar-refractivity contribution in [2.75, 3.05) is 0 Å². The standard InChI is InChI=1S/C10H8Cl2N2/c1-5-3-7-9(8(11)4-5)13-6(2)14-10(7)12/h3-4H,1-2H3. The largest absolute Gasteiger partial charge is 0.232 e. The van der Waals surface area contributed by atoms with E-state index in [0.717, 1.165) is 16.5 Å². The lowest BCUT2D eigenvalue weighted by Crippen LogP contribution is -1.91. The number of hydrogen-bond acceptors (Lipinski definition) is 2. The molecule has 0 N–H and O–H groups in total. The van der Waals surface area contributed by atoms with Gasteiger partial charge in [0, 0.05) is 5.39 Å². The van der Waals surface area contributed by atoms with Crippen LogP contribution in [0, 0.1) is 13.8 Å². The van der Waals surface area contributed by atoms with Crippen LogP contribution in [0.3, 0.4) is 0 Å². The minimum atomic E-state index is 0.457. The van der Waals surface area contributed by atoms with Crippen LogP contribution < -0.4 is 0 Å². The molecule has 0 aliphatic carbocycles. The molecule has 2 aromatic rings. The molecule has 2 nitrogen and oxygen atoms in total. The molecule has 1 aromatic carbocycles. The summed E-state index contributed by atoms with van der Waals surface area (Å²) in [5, 5.41) is 1.88. The number of nitrogens with zero attached hydrogens (tertiary/aromatic N) is 2. The quantitative estimate of drug-likeness (QED) is 0.643. The monoisotopic (exact) mass is 226 g/mol. The minimum absolute atomic E-state index is 0.457. The summed E-state index contributed by atoms with van der Waals surface area (Å²) in [7, 11) is 0. The van der Waals surface area contributed by atoms with Crippen LogP contribution in [0.25, 0.3) is 10.9 Å². The van der Waals surface area contributed by atoms with Gasteiger partial charge >= 0.3 is 0 Å². The van der Waals surface area contributed by atoms with Crippen LogP contribution in [-0.2, 0) is 0 Å². The highest BCUT2D eigenvalue weighted by Gasteiger charge is 2.07. The van der Waals surface area contributed by atoms with Gasteiger partial charge in [-0.25, -0.2) is 9.97 Å². The van der Waals surface area contributed by atoms with E-state index >= 15 is 0 Å². The Kier molecular flexibility index (Phi) is 2.33. The molecule has 0 atom stereocenters. The Morgan fingerprint density at radius 1 is 1.07 bits per heavy atom. The molecule has 0 radical (unpaired) electrons. The number of aryl methyl sites for hydroxylation is 2. The van der Waals surface area contributed by atoms with Gasteiger partial charge in [-0.2, -0.15) is 0 Å². The maximum Gasteiger partial charge on any atom is 0.140 e. The third kappa shape index (κ3) is 1.56. The molecule has 0 fully saturated rings. The third-order valence-corrected chi connectivity index (χ3v) is 2.54. The molecule has 2 rings (SSSR count). The molecule has 72 valence electrons. The lowest BCUT2D eigenvalue weighted by atomic mass is 10.2. The number of aromatic nitrogens is 2. The van der Waals surface area contributed by atoms with Gasteiger partial charge in [-0.05, 0) is 31.5 Å². The topological polar surface area (TPSA) is 25.8 Å². The molecule has 0 spiro atoms. The first kappa shape index (κ1) is 9.69. The van der Waals surface area contributed by atoms with Gasteiger partial charge < -0.3 is 0 Å². The Morgan fingerprint density at radius 2 is 1.79 bits per heavy atom. The molecule has 0 saturated heterocycles. The number of fused-ring (bicyclic) bond motifs is 1. The van der Waals surface area contributed by atoms with Gasteiger partial charge in [0.2, 0.25) is 0 Å². The Bertz CT molecular complexity index is 462. The van der Waals surface area contributed by atoms with E-state index in [9.17, 15) is 0 Å². The van der Waals surface area contributed by atoms with Crippen molar-refractivity contribution in [1.82, 2.24) is 9.97 Å². The molecule has 0 bridgehead atoms. The average Bonchev–Trinajstić information content (AvgIpc) is 2.07. The lowest BCUT2D eigenvalue weighted by molar-refractivity contribution is 1.09. The Balaban J connectivity index is 2.94. The smallest absolute Gasteiger partial charge is 0.140 e. The highest BCUT2D eigenvalue weighted by Crippen LogP contribution is 2.27. The summed E-state index contributed by atoms with van der Waals surface area (Å²) in [6, 6.07) is 3.80. The molecule has 14 heavy (non-hydrogen) atoms. The van der Waals surface area contributed by atoms with Gasteiger partial charge in [-0.1, -0.05) is 23.2 Å². The van der Waals surface area contributed by atoms with E-state index in [0.29, 0.717) is 16.0 Å². The van der Waals surface area contributed by atoms with Crippen molar-refractivity contribution < 1.29 is 0 Å². The van der Waals surface area contributed by atoms with Gasteiger partial charge in [0.25, 0.3) is 0 Å². The maximum absolute atomic E-state index is 6.06. The SMILES string of the molecule is Cc1cc(Cl)c2nc(C)nc(Cl)c2c1. The number of halogens is 2. The minimum Gasteiger partial charge on any atom is -0.232 e. The Labute approximate surface area is 91.9 Å². The van der Waals surface area contributed by atoms with Gasteiger partial charge in [-0.15, -0.1) is 0 Å². The lowest BCUT2D eigenvalue weighted by Gasteiger charge is -2.04. The molecule has 0 aliphatic heterocycles. The molecule has 1 heterocycles. The van der Waals surface area contributed by atoms with E-state index < -0.39 is 0 Å². The van der Waals surface area contributed by atoms with Crippen LogP contribution in [0.5, 0.6) is 0 Å². The van der Waals surface area contributed by atoms with Crippen LogP contribution in [-0.4, -0.2) is 9.97 Å². The van der Waals surface area contributed by atoms with E-state index in [4.69, 9.17) is 23.2 Å². The highest BCUT2D eigenvalue weighted by atomic mass is 35.5. The Morgan fingerprint density at radius 3 is 2.50 bits per heavy atom. The summed E-state index contributed by atoms with van der Waals surface area (Å²) in [5.41, 5.74) is 1.77. The van der Waals surface area contributed by atoms with Crippen LogP contribution in [0.4, 0.5) is 0 Å². The molecule has 4 heteroatoms. The normalized spacial score (nSPS) is 10.9. The fourth-order valence-corrected chi connectivity index (χ4v) is 1.98. The number of benzene rings is 1. The van der Waals surface area contributed by atoms with Crippen LogP contribution in [0.2, 0.25) is 10.2 Å². The average molecular weight is 227 g/mol. The zero-order valence-corrected chi connectivity index (χ0v) is 9.32. The first-order valence-corrected chi connectivity index (χ1v) is 4.93. The van der Waals surface area contributed by atoms with E-state index in [1.165, 1.54) is 0 Å². The van der Waals surface area contributed by atoms with Gasteiger partial charge in [0.05, 0.1) is 10.5 Å². The van der Waals surface area contributed by atoms with Gasteiger partial charge in [-0.3, -0.25) is 0 Å². The summed E-state index contributed by atoms with van der Waals surface area (Å²) in [4.78, 5) is 8.33. The molecule has 0 saturated carbocycles. The van der Waals surface area contributed by atoms with E-state index in [-0.39, 0.29) is 0 Å². The summed E-state index contributed by atoms with van der Waals surface area (Å²) in [6.45, 7) is 3.75. The predicted octanol–water partition coefficient (Wildman–Crippen LogP) is 3.55. The van der Waals surface area contributed by atoms with Crippen LogP contribution >= 0.6 is 23.2 Å². The second-order valence-corrected chi connectivity index (χ2v) is 3.97. The van der Waals surface area contributed by atoms with Crippen molar-refractivity contribution in [3.8, 4) is 0 Å².